The summed E-state index contributed by atoms with van der Waals surface area (Å²) in [6, 6.07) is 0. The Balaban J connectivity index is 1.76. The van der Waals surface area contributed by atoms with Crippen molar-refractivity contribution in [1.82, 2.24) is 29.9 Å². The number of aromatic amines is 1. The lowest BCUT2D eigenvalue weighted by Gasteiger charge is -2.25. The number of Topliss-reactive ketones (excluding diaryl/α,β-unsaturated/α-hetero) is 1. The summed E-state index contributed by atoms with van der Waals surface area (Å²) < 4.78 is 15.7. The third-order valence-electron chi connectivity index (χ3n) is 4.36. The van der Waals surface area contributed by atoms with E-state index in [0.29, 0.717) is 24.4 Å². The van der Waals surface area contributed by atoms with Gasteiger partial charge in [0, 0.05) is 19.3 Å². The van der Waals surface area contributed by atoms with E-state index in [9.17, 15) is 14.0 Å². The lowest BCUT2D eigenvalue weighted by atomic mass is 10.1. The van der Waals surface area contributed by atoms with E-state index in [1.807, 2.05) is 0 Å². The number of piperidine rings is 1. The maximum absolute atomic E-state index is 14.4. The summed E-state index contributed by atoms with van der Waals surface area (Å²) >= 11 is 0. The van der Waals surface area contributed by atoms with Crippen molar-refractivity contribution in [3.05, 3.63) is 36.2 Å². The molecule has 0 unspecified atom stereocenters. The van der Waals surface area contributed by atoms with Crippen LogP contribution in [0.5, 0.6) is 0 Å². The van der Waals surface area contributed by atoms with Crippen LogP contribution in [0, 0.1) is 5.82 Å². The average Bonchev–Trinajstić information content (AvgIpc) is 3.32. The molecule has 8 nitrogen and oxygen atoms in total. The van der Waals surface area contributed by atoms with Gasteiger partial charge in [-0.2, -0.15) is 0 Å². The van der Waals surface area contributed by atoms with Crippen LogP contribution < -0.4 is 0 Å². The van der Waals surface area contributed by atoms with E-state index >= 15 is 0 Å². The molecule has 1 aliphatic rings. The second-order valence-corrected chi connectivity index (χ2v) is 5.91. The molecule has 0 aliphatic carbocycles. The van der Waals surface area contributed by atoms with E-state index in [-0.39, 0.29) is 10.9 Å². The van der Waals surface area contributed by atoms with Gasteiger partial charge in [-0.25, -0.2) is 14.1 Å². The third kappa shape index (κ3) is 2.57. The summed E-state index contributed by atoms with van der Waals surface area (Å²) in [6.45, 7) is 1.11. The Morgan fingerprint density at radius 3 is 2.72 bits per heavy atom. The molecule has 4 heterocycles. The van der Waals surface area contributed by atoms with Crippen LogP contribution in [0.15, 0.2) is 24.8 Å². The van der Waals surface area contributed by atoms with Crippen LogP contribution in [0.1, 0.15) is 29.6 Å². The van der Waals surface area contributed by atoms with Gasteiger partial charge in [-0.3, -0.25) is 9.59 Å². The Morgan fingerprint density at radius 1 is 1.20 bits per heavy atom. The Bertz CT molecular complexity index is 943. The van der Waals surface area contributed by atoms with Crippen LogP contribution >= 0.6 is 0 Å². The molecule has 3 aromatic heterocycles. The minimum Gasteiger partial charge on any atom is -0.357 e. The second kappa shape index (κ2) is 6.08. The number of ketones is 1. The fourth-order valence-corrected chi connectivity index (χ4v) is 3.12. The van der Waals surface area contributed by atoms with Gasteiger partial charge in [0.15, 0.2) is 11.6 Å². The molecule has 0 atom stereocenters. The van der Waals surface area contributed by atoms with Gasteiger partial charge in [-0.05, 0) is 19.3 Å². The molecule has 0 saturated carbocycles. The van der Waals surface area contributed by atoms with Crippen LogP contribution in [0.2, 0.25) is 0 Å². The Labute approximate surface area is 141 Å². The number of amides is 1. The van der Waals surface area contributed by atoms with E-state index in [1.54, 1.807) is 6.20 Å². The van der Waals surface area contributed by atoms with Gasteiger partial charge in [0.25, 0.3) is 11.7 Å². The molecule has 1 aliphatic heterocycles. The molecule has 4 rings (SSSR count). The van der Waals surface area contributed by atoms with Crippen LogP contribution in [0.4, 0.5) is 4.39 Å². The molecule has 0 radical (unpaired) electrons. The number of nitrogens with zero attached hydrogens (tertiary/aromatic N) is 5. The minimum absolute atomic E-state index is 0.00633. The summed E-state index contributed by atoms with van der Waals surface area (Å²) in [6.07, 6.45) is 8.18. The highest BCUT2D eigenvalue weighted by atomic mass is 19.1. The van der Waals surface area contributed by atoms with Gasteiger partial charge in [0.1, 0.15) is 0 Å². The Hall–Kier alpha value is -3.10. The highest BCUT2D eigenvalue weighted by molar-refractivity contribution is 6.45. The number of likely N-dealkylation sites (tertiary alicyclic amines) is 1. The van der Waals surface area contributed by atoms with Crippen LogP contribution in [0.25, 0.3) is 16.7 Å². The molecule has 1 fully saturated rings. The Kier molecular flexibility index (Phi) is 3.75. The van der Waals surface area contributed by atoms with Crippen LogP contribution in [-0.2, 0) is 4.79 Å². The number of rotatable bonds is 3. The maximum Gasteiger partial charge on any atom is 0.295 e. The molecule has 9 heteroatoms. The number of carbonyl (C=O) groups excluding carboxylic acids is 2. The standard InChI is InChI=1S/C16H15FN6O2/c17-11-9-19-15(23-7-4-20-21-23)13-12(11)10(8-18-13)14(24)16(25)22-5-2-1-3-6-22/h4,7-9,18H,1-3,5-6H2. The quantitative estimate of drug-likeness (QED) is 0.574. The molecule has 25 heavy (non-hydrogen) atoms. The van der Waals surface area contributed by atoms with Crippen molar-refractivity contribution >= 4 is 22.6 Å². The molecule has 0 bridgehead atoms. The van der Waals surface area contributed by atoms with E-state index in [4.69, 9.17) is 0 Å². The SMILES string of the molecule is O=C(C(=O)N1CCCCC1)c1c[nH]c2c(-n3ccnn3)ncc(F)c12. The molecule has 1 saturated heterocycles. The highest BCUT2D eigenvalue weighted by Gasteiger charge is 2.28. The van der Waals surface area contributed by atoms with Crippen molar-refractivity contribution in [3.8, 4) is 5.82 Å². The van der Waals surface area contributed by atoms with Gasteiger partial charge < -0.3 is 9.88 Å². The average molecular weight is 342 g/mol. The summed E-state index contributed by atoms with van der Waals surface area (Å²) in [7, 11) is 0. The first-order chi connectivity index (χ1) is 12.2. The smallest absolute Gasteiger partial charge is 0.295 e. The number of aromatic nitrogens is 5. The second-order valence-electron chi connectivity index (χ2n) is 5.91. The topological polar surface area (TPSA) is 96.8 Å². The van der Waals surface area contributed by atoms with E-state index < -0.39 is 17.5 Å². The van der Waals surface area contributed by atoms with Crippen molar-refractivity contribution < 1.29 is 14.0 Å². The van der Waals surface area contributed by atoms with Crippen molar-refractivity contribution in [2.75, 3.05) is 13.1 Å². The van der Waals surface area contributed by atoms with E-state index in [1.165, 1.54) is 22.0 Å². The first-order valence-electron chi connectivity index (χ1n) is 8.02. The number of hydrogen-bond acceptors (Lipinski definition) is 5. The fraction of sp³-hybridized carbons (Fsp3) is 0.312. The largest absolute Gasteiger partial charge is 0.357 e. The number of H-pyrrole nitrogens is 1. The molecule has 1 N–H and O–H groups in total. The number of halogens is 1. The lowest BCUT2D eigenvalue weighted by Crippen LogP contribution is -2.40. The predicted octanol–water partition coefficient (Wildman–Crippen LogP) is 1.48. The number of hydrogen-bond donors (Lipinski definition) is 1. The number of fused-ring (bicyclic) bond motifs is 1. The number of nitrogens with one attached hydrogen (secondary N) is 1. The molecule has 3 aromatic rings. The van der Waals surface area contributed by atoms with Gasteiger partial charge in [-0.15, -0.1) is 5.10 Å². The summed E-state index contributed by atoms with van der Waals surface area (Å²) in [5, 5.41) is 7.57. The van der Waals surface area contributed by atoms with Crippen LogP contribution in [-0.4, -0.2) is 54.6 Å². The Morgan fingerprint density at radius 2 is 2.00 bits per heavy atom. The highest BCUT2D eigenvalue weighted by Crippen LogP contribution is 2.26. The van der Waals surface area contributed by atoms with Crippen molar-refractivity contribution in [1.29, 1.82) is 0 Å². The number of carbonyl (C=O) groups is 2. The van der Waals surface area contributed by atoms with Crippen molar-refractivity contribution in [2.45, 2.75) is 19.3 Å². The number of pyridine rings is 1. The van der Waals surface area contributed by atoms with E-state index in [0.717, 1.165) is 25.5 Å². The molecule has 0 aromatic carbocycles. The fourth-order valence-electron chi connectivity index (χ4n) is 3.12. The first-order valence-corrected chi connectivity index (χ1v) is 8.02. The van der Waals surface area contributed by atoms with E-state index in [2.05, 4.69) is 20.3 Å². The third-order valence-corrected chi connectivity index (χ3v) is 4.36. The molecule has 128 valence electrons. The van der Waals surface area contributed by atoms with Crippen LogP contribution in [0.3, 0.4) is 0 Å². The maximum atomic E-state index is 14.4. The molecule has 0 spiro atoms. The zero-order chi connectivity index (χ0) is 17.4. The zero-order valence-corrected chi connectivity index (χ0v) is 13.3. The lowest BCUT2D eigenvalue weighted by molar-refractivity contribution is -0.127. The van der Waals surface area contributed by atoms with Crippen molar-refractivity contribution in [3.63, 3.8) is 0 Å². The van der Waals surface area contributed by atoms with Gasteiger partial charge >= 0.3 is 0 Å². The minimum atomic E-state index is -0.720. The zero-order valence-electron chi connectivity index (χ0n) is 13.3. The normalized spacial score (nSPS) is 14.8. The summed E-state index contributed by atoms with van der Waals surface area (Å²) in [5.41, 5.74) is 0.298. The monoisotopic (exact) mass is 342 g/mol. The molecular weight excluding hydrogens is 327 g/mol. The summed E-state index contributed by atoms with van der Waals surface area (Å²) in [4.78, 5) is 33.5. The summed E-state index contributed by atoms with van der Waals surface area (Å²) in [5.74, 6) is -1.69. The van der Waals surface area contributed by atoms with Gasteiger partial charge in [0.2, 0.25) is 0 Å². The first kappa shape index (κ1) is 15.4. The van der Waals surface area contributed by atoms with Gasteiger partial charge in [-0.1, -0.05) is 5.21 Å². The van der Waals surface area contributed by atoms with Gasteiger partial charge in [0.05, 0.1) is 35.1 Å². The molecular formula is C16H15FN6O2. The van der Waals surface area contributed by atoms with Crippen molar-refractivity contribution in [2.24, 2.45) is 0 Å². The predicted molar refractivity (Wildman–Crippen MR) is 85.7 cm³/mol. The molecule has 1 amide bonds.